The fourth-order valence-electron chi connectivity index (χ4n) is 0. The van der Waals surface area contributed by atoms with Crippen molar-refractivity contribution >= 4 is 0 Å². The van der Waals surface area contributed by atoms with Gasteiger partial charge in [-0.15, -0.1) is 0 Å². The van der Waals surface area contributed by atoms with Crippen molar-refractivity contribution in [2.24, 2.45) is 0 Å². The van der Waals surface area contributed by atoms with Crippen LogP contribution in [0.25, 0.3) is 0 Å². The van der Waals surface area contributed by atoms with Crippen LogP contribution in [0.2, 0.25) is 0 Å². The molecule has 45 valence electrons. The van der Waals surface area contributed by atoms with E-state index in [2.05, 4.69) is 0 Å². The third-order valence-electron chi connectivity index (χ3n) is 0. The van der Waals surface area contributed by atoms with E-state index in [1.165, 1.54) is 0 Å². The molecule has 0 atom stereocenters. The first-order valence-electron chi connectivity index (χ1n) is 0. The van der Waals surface area contributed by atoms with Gasteiger partial charge in [0.05, 0.1) is 0 Å². The van der Waals surface area contributed by atoms with Gasteiger partial charge < -0.3 is 23.5 Å². The maximum Gasteiger partial charge on any atom is 0 e. The second-order valence-corrected chi connectivity index (χ2v) is 0. The molecule has 0 rings (SSSR count). The predicted molar refractivity (Wildman–Crippen MR) is 0 cm³/mol. The molecule has 0 fully saturated rings. The molecule has 0 N–H and O–H groups in total. The molecular weight excluding hydrogens is 146 g/mol. The van der Waals surface area contributed by atoms with E-state index >= 15 is 0 Å². The summed E-state index contributed by atoms with van der Waals surface area (Å²) in [7, 11) is 0. The van der Waals surface area contributed by atoms with Crippen molar-refractivity contribution in [3.63, 3.8) is 0 Å². The van der Waals surface area contributed by atoms with E-state index in [0.29, 0.717) is 0 Å². The third-order valence-corrected chi connectivity index (χ3v) is 0. The van der Waals surface area contributed by atoms with E-state index < -0.39 is 0 Å². The molecule has 0 aliphatic carbocycles. The van der Waals surface area contributed by atoms with E-state index in [1.807, 2.05) is 0 Å². The molecule has 1 radical (unpaired) electrons. The summed E-state index contributed by atoms with van der Waals surface area (Å²) in [6.07, 6.45) is 0. The number of hydrogen-bond donors (Lipinski definition) is 0. The van der Waals surface area contributed by atoms with E-state index in [4.69, 9.17) is 0 Å². The quantitative estimate of drug-likeness (QED) is 0.298. The van der Waals surface area contributed by atoms with Crippen molar-refractivity contribution in [3.05, 3.63) is 0 Å². The Balaban J connectivity index is 0. The van der Waals surface area contributed by atoms with Gasteiger partial charge in [0.2, 0.25) is 0 Å². The Morgan fingerprint density at radius 1 is 0.333 bits per heavy atom. The van der Waals surface area contributed by atoms with Gasteiger partial charge in [-0.25, -0.2) is 0 Å². The maximum absolute atomic E-state index is 0. The summed E-state index contributed by atoms with van der Waals surface area (Å²) in [6, 6.07) is 0. The molecule has 0 heterocycles. The molecule has 0 aromatic carbocycles. The van der Waals surface area contributed by atoms with E-state index in [0.717, 1.165) is 0 Å². The molecule has 0 aromatic heterocycles. The minimum atomic E-state index is 0. The summed E-state index contributed by atoms with van der Waals surface area (Å²) in [4.78, 5) is 0. The van der Waals surface area contributed by atoms with Gasteiger partial charge in [0.1, 0.15) is 0 Å². The van der Waals surface area contributed by atoms with Crippen LogP contribution in [0.15, 0.2) is 0 Å². The van der Waals surface area contributed by atoms with Gasteiger partial charge in [0, 0.05) is 18.6 Å². The Morgan fingerprint density at radius 3 is 0.333 bits per heavy atom. The van der Waals surface area contributed by atoms with Crippen LogP contribution in [0.1, 0.15) is 0 Å². The molecule has 0 saturated carbocycles. The molecule has 0 aliphatic heterocycles. The van der Waals surface area contributed by atoms with Crippen molar-refractivity contribution in [1.29, 1.82) is 0 Å². The first-order chi connectivity index (χ1) is 0. The predicted octanol–water partition coefficient (Wildman–Crippen LogP) is -15.0. The molecule has 0 aromatic rings. The van der Waals surface area contributed by atoms with Crippen LogP contribution in [0.5, 0.6) is 0 Å². The molecule has 0 amide bonds. The van der Waals surface area contributed by atoms with Crippen molar-refractivity contribution in [2.75, 3.05) is 0 Å². The second-order valence-electron chi connectivity index (χ2n) is 0. The van der Waals surface area contributed by atoms with Crippen LogP contribution < -0.4 is 23.5 Å². The van der Waals surface area contributed by atoms with Crippen LogP contribution in [0.4, 0.5) is 0 Å². The van der Waals surface area contributed by atoms with Gasteiger partial charge in [-0.1, -0.05) is 0 Å². The largest absolute Gasteiger partial charge is 1.00 e. The SMILES string of the molecule is [F-].[F-].[F-].[F-].[F-].[V]. The van der Waals surface area contributed by atoms with Crippen LogP contribution in [0, 0.1) is 0 Å². The summed E-state index contributed by atoms with van der Waals surface area (Å²) in [5.41, 5.74) is 0. The Labute approximate surface area is 43.0 Å². The van der Waals surface area contributed by atoms with Gasteiger partial charge in [-0.05, 0) is 0 Å². The van der Waals surface area contributed by atoms with Crippen LogP contribution in [-0.4, -0.2) is 0 Å². The number of halogens is 5. The zero-order valence-corrected chi connectivity index (χ0v) is 3.73. The molecule has 0 aliphatic rings. The zero-order valence-electron chi connectivity index (χ0n) is 2.34. The van der Waals surface area contributed by atoms with Crippen molar-refractivity contribution in [1.82, 2.24) is 0 Å². The average Bonchev–Trinajstić information content (AvgIpc) is 0. The fourth-order valence-corrected chi connectivity index (χ4v) is 0. The smallest absolute Gasteiger partial charge is 0 e. The standard InChI is InChI=1S/5FH.V/h5*1H;/p-5. The number of hydrogen-bond acceptors (Lipinski definition) is 0. The molecule has 0 unspecified atom stereocenters. The van der Waals surface area contributed by atoms with Gasteiger partial charge in [-0.3, -0.25) is 0 Å². The molecule has 0 bridgehead atoms. The minimum Gasteiger partial charge on any atom is -1.00 e. The van der Waals surface area contributed by atoms with E-state index in [1.54, 1.807) is 0 Å². The molecule has 6 heavy (non-hydrogen) atoms. The molecule has 0 spiro atoms. The summed E-state index contributed by atoms with van der Waals surface area (Å²) >= 11 is 0. The minimum absolute atomic E-state index is 0. The van der Waals surface area contributed by atoms with Crippen LogP contribution >= 0.6 is 0 Å². The Morgan fingerprint density at radius 2 is 0.333 bits per heavy atom. The van der Waals surface area contributed by atoms with Gasteiger partial charge in [0.25, 0.3) is 0 Å². The van der Waals surface area contributed by atoms with Crippen molar-refractivity contribution < 1.29 is 42.1 Å². The molecule has 6 heteroatoms. The summed E-state index contributed by atoms with van der Waals surface area (Å²) in [5, 5.41) is 0. The third kappa shape index (κ3) is 806. The van der Waals surface area contributed by atoms with Gasteiger partial charge in [0.15, 0.2) is 0 Å². The summed E-state index contributed by atoms with van der Waals surface area (Å²) in [6.45, 7) is 0. The molecule has 0 saturated heterocycles. The topological polar surface area (TPSA) is 0 Å². The van der Waals surface area contributed by atoms with Gasteiger partial charge in [-0.2, -0.15) is 0 Å². The Hall–Kier alpha value is 0.234. The van der Waals surface area contributed by atoms with E-state index in [-0.39, 0.29) is 42.1 Å². The maximum atomic E-state index is 0. The number of rotatable bonds is 0. The molecule has 0 nitrogen and oxygen atoms in total. The van der Waals surface area contributed by atoms with Crippen molar-refractivity contribution in [2.45, 2.75) is 0 Å². The van der Waals surface area contributed by atoms with Gasteiger partial charge >= 0.3 is 0 Å². The van der Waals surface area contributed by atoms with Crippen LogP contribution in [0.3, 0.4) is 0 Å². The second kappa shape index (κ2) is 1710. The van der Waals surface area contributed by atoms with E-state index in [9.17, 15) is 0 Å². The first kappa shape index (κ1) is 3110. The summed E-state index contributed by atoms with van der Waals surface area (Å²) < 4.78 is 0. The summed E-state index contributed by atoms with van der Waals surface area (Å²) in [5.74, 6) is 0. The Kier molecular flexibility index (Phi) is 885000. The zero-order chi connectivity index (χ0) is 0. The Bertz CT molecular complexity index is 3.90. The van der Waals surface area contributed by atoms with Crippen LogP contribution in [-0.2, 0) is 18.6 Å². The van der Waals surface area contributed by atoms with Crippen molar-refractivity contribution in [3.8, 4) is 0 Å². The first-order valence-corrected chi connectivity index (χ1v) is 0. The fraction of sp³-hybridized carbons (Fsp3) is 0. The average molecular weight is 146 g/mol. The monoisotopic (exact) mass is 146 g/mol. The molecular formula is F5V-5. The normalized spacial score (nSPS) is 0.